The van der Waals surface area contributed by atoms with E-state index in [4.69, 9.17) is 5.73 Å². The van der Waals surface area contributed by atoms with Gasteiger partial charge in [0.25, 0.3) is 0 Å². The fraction of sp³-hybridized carbons (Fsp3) is 0.417. The lowest BCUT2D eigenvalue weighted by atomic mass is 9.87. The first kappa shape index (κ1) is 22.2. The minimum atomic E-state index is -0.608. The van der Waals surface area contributed by atoms with Crippen LogP contribution < -0.4 is 11.1 Å². The van der Waals surface area contributed by atoms with Crippen LogP contribution in [0.1, 0.15) is 43.2 Å². The third-order valence-corrected chi connectivity index (χ3v) is 6.02. The molecule has 1 aliphatic rings. The molecule has 0 saturated carbocycles. The molecule has 30 heavy (non-hydrogen) atoms. The Balaban J connectivity index is 1.61. The fourth-order valence-electron chi connectivity index (χ4n) is 3.65. The van der Waals surface area contributed by atoms with Crippen LogP contribution in [-0.4, -0.2) is 28.8 Å². The van der Waals surface area contributed by atoms with Gasteiger partial charge in [-0.15, -0.1) is 11.3 Å². The van der Waals surface area contributed by atoms with E-state index in [1.807, 2.05) is 40.6 Å². The molecular formula is C24H31N3O2S. The number of nitrogens with two attached hydrogens (primary N) is 1. The van der Waals surface area contributed by atoms with E-state index in [0.717, 1.165) is 4.88 Å². The van der Waals surface area contributed by atoms with Gasteiger partial charge in [-0.25, -0.2) is 0 Å². The molecule has 5 nitrogen and oxygen atoms in total. The Kier molecular flexibility index (Phi) is 7.10. The summed E-state index contributed by atoms with van der Waals surface area (Å²) >= 11 is 1.60. The van der Waals surface area contributed by atoms with Gasteiger partial charge in [0, 0.05) is 36.5 Å². The number of thiophene rings is 1. The first-order chi connectivity index (χ1) is 14.2. The molecule has 0 saturated heterocycles. The van der Waals surface area contributed by atoms with Crippen LogP contribution >= 0.6 is 11.3 Å². The second kappa shape index (κ2) is 9.58. The van der Waals surface area contributed by atoms with Crippen LogP contribution in [0.4, 0.5) is 0 Å². The van der Waals surface area contributed by atoms with Crippen LogP contribution in [0.3, 0.4) is 0 Å². The molecule has 2 aromatic rings. The Morgan fingerprint density at radius 2 is 1.83 bits per heavy atom. The molecule has 6 heteroatoms. The van der Waals surface area contributed by atoms with Gasteiger partial charge in [0.2, 0.25) is 11.8 Å². The quantitative estimate of drug-likeness (QED) is 0.665. The van der Waals surface area contributed by atoms with Gasteiger partial charge in [-0.2, -0.15) is 0 Å². The van der Waals surface area contributed by atoms with Gasteiger partial charge in [0.1, 0.15) is 0 Å². The number of nitrogens with zero attached hydrogens (tertiary/aromatic N) is 1. The molecule has 2 amide bonds. The predicted octanol–water partition coefficient (Wildman–Crippen LogP) is 3.64. The van der Waals surface area contributed by atoms with Gasteiger partial charge >= 0.3 is 0 Å². The van der Waals surface area contributed by atoms with Crippen molar-refractivity contribution in [2.75, 3.05) is 0 Å². The van der Waals surface area contributed by atoms with Crippen molar-refractivity contribution in [3.63, 3.8) is 0 Å². The molecule has 0 radical (unpaired) electrons. The zero-order chi connectivity index (χ0) is 21.7. The summed E-state index contributed by atoms with van der Waals surface area (Å²) in [6.07, 6.45) is 4.63. The maximum atomic E-state index is 12.7. The highest BCUT2D eigenvalue weighted by molar-refractivity contribution is 7.09. The Morgan fingerprint density at radius 1 is 1.17 bits per heavy atom. The molecule has 0 bridgehead atoms. The van der Waals surface area contributed by atoms with Crippen LogP contribution in [0.25, 0.3) is 0 Å². The molecule has 1 aromatic heterocycles. The number of carbonyl (C=O) groups is 2. The lowest BCUT2D eigenvalue weighted by molar-refractivity contribution is -0.127. The van der Waals surface area contributed by atoms with E-state index < -0.39 is 6.04 Å². The van der Waals surface area contributed by atoms with Gasteiger partial charge < -0.3 is 16.0 Å². The molecule has 160 valence electrons. The minimum Gasteiger partial charge on any atom is -0.349 e. The SMILES string of the molecule is CC(C)(C)C[C@@H](C=CC(=O)N1Cc2ccccc2C1)NC(=O)[C@@H](N)Cc1cccs1. The molecule has 1 aliphatic heterocycles. The first-order valence-corrected chi connectivity index (χ1v) is 11.2. The number of carbonyl (C=O) groups excluding carboxylic acids is 2. The number of fused-ring (bicyclic) bond motifs is 1. The molecule has 0 unspecified atom stereocenters. The van der Waals surface area contributed by atoms with Crippen molar-refractivity contribution < 1.29 is 9.59 Å². The maximum absolute atomic E-state index is 12.7. The molecule has 1 aromatic carbocycles. The van der Waals surface area contributed by atoms with Crippen molar-refractivity contribution in [3.05, 3.63) is 69.9 Å². The average Bonchev–Trinajstić information content (AvgIpc) is 3.33. The lowest BCUT2D eigenvalue weighted by Gasteiger charge is -2.26. The van der Waals surface area contributed by atoms with Crippen molar-refractivity contribution in [1.29, 1.82) is 0 Å². The predicted molar refractivity (Wildman–Crippen MR) is 122 cm³/mol. The highest BCUT2D eigenvalue weighted by Gasteiger charge is 2.24. The number of nitrogens with one attached hydrogen (secondary N) is 1. The van der Waals surface area contributed by atoms with Crippen molar-refractivity contribution >= 4 is 23.2 Å². The van der Waals surface area contributed by atoms with Crippen molar-refractivity contribution in [2.24, 2.45) is 11.1 Å². The average molecular weight is 426 g/mol. The third-order valence-electron chi connectivity index (χ3n) is 5.12. The third kappa shape index (κ3) is 6.28. The summed E-state index contributed by atoms with van der Waals surface area (Å²) < 4.78 is 0. The van der Waals surface area contributed by atoms with Gasteiger partial charge in [-0.3, -0.25) is 9.59 Å². The zero-order valence-corrected chi connectivity index (χ0v) is 18.7. The van der Waals surface area contributed by atoms with E-state index in [1.54, 1.807) is 17.4 Å². The minimum absolute atomic E-state index is 0.00688. The van der Waals surface area contributed by atoms with Gasteiger partial charge in [-0.05, 0) is 34.4 Å². The Labute approximate surface area is 183 Å². The molecule has 3 rings (SSSR count). The Hall–Kier alpha value is -2.44. The Bertz CT molecular complexity index is 874. The number of benzene rings is 1. The topological polar surface area (TPSA) is 75.4 Å². The second-order valence-corrected chi connectivity index (χ2v) is 10.1. The monoisotopic (exact) mass is 425 g/mol. The highest BCUT2D eigenvalue weighted by Crippen LogP contribution is 2.24. The molecule has 2 heterocycles. The maximum Gasteiger partial charge on any atom is 0.246 e. The highest BCUT2D eigenvalue weighted by atomic mass is 32.1. The smallest absolute Gasteiger partial charge is 0.246 e. The lowest BCUT2D eigenvalue weighted by Crippen LogP contribution is -2.46. The van der Waals surface area contributed by atoms with Crippen molar-refractivity contribution in [2.45, 2.75) is 58.8 Å². The Morgan fingerprint density at radius 3 is 2.40 bits per heavy atom. The van der Waals surface area contributed by atoms with Crippen LogP contribution in [0.15, 0.2) is 53.9 Å². The van der Waals surface area contributed by atoms with Crippen LogP contribution in [0.5, 0.6) is 0 Å². The first-order valence-electron chi connectivity index (χ1n) is 10.3. The van der Waals surface area contributed by atoms with Crippen molar-refractivity contribution in [1.82, 2.24) is 10.2 Å². The summed E-state index contributed by atoms with van der Waals surface area (Å²) in [6, 6.07) is 11.2. The van der Waals surface area contributed by atoms with Gasteiger partial charge in [-0.1, -0.05) is 57.2 Å². The van der Waals surface area contributed by atoms with E-state index >= 15 is 0 Å². The molecule has 0 fully saturated rings. The number of rotatable bonds is 7. The standard InChI is InChI=1S/C24H31N3O2S/c1-24(2,3)14-19(26-23(29)21(25)13-20-9-6-12-30-20)10-11-22(28)27-15-17-7-4-5-8-18(17)16-27/h4-12,19,21H,13-16,25H2,1-3H3,(H,26,29)/t19-,21+/m1/s1. The summed E-state index contributed by atoms with van der Waals surface area (Å²) in [4.78, 5) is 28.3. The normalized spacial score (nSPS) is 15.8. The summed E-state index contributed by atoms with van der Waals surface area (Å²) in [5, 5.41) is 5.01. The second-order valence-electron chi connectivity index (χ2n) is 9.09. The molecule has 2 atom stereocenters. The zero-order valence-electron chi connectivity index (χ0n) is 17.9. The largest absolute Gasteiger partial charge is 0.349 e. The van der Waals surface area contributed by atoms with E-state index in [1.165, 1.54) is 11.1 Å². The molecule has 0 spiro atoms. The summed E-state index contributed by atoms with van der Waals surface area (Å²) in [5.74, 6) is -0.231. The number of amides is 2. The van der Waals surface area contributed by atoms with E-state index in [9.17, 15) is 9.59 Å². The van der Waals surface area contributed by atoms with Gasteiger partial charge in [0.05, 0.1) is 6.04 Å². The summed E-state index contributed by atoms with van der Waals surface area (Å²) in [7, 11) is 0. The van der Waals surface area contributed by atoms with Crippen molar-refractivity contribution in [3.8, 4) is 0 Å². The molecule has 0 aliphatic carbocycles. The van der Waals surface area contributed by atoms with Crippen LogP contribution in [-0.2, 0) is 29.1 Å². The number of hydrogen-bond acceptors (Lipinski definition) is 4. The van der Waals surface area contributed by atoms with E-state index in [-0.39, 0.29) is 23.3 Å². The van der Waals surface area contributed by atoms with Gasteiger partial charge in [0.15, 0.2) is 0 Å². The van der Waals surface area contributed by atoms with Crippen LogP contribution in [0.2, 0.25) is 0 Å². The van der Waals surface area contributed by atoms with E-state index in [0.29, 0.717) is 25.9 Å². The summed E-state index contributed by atoms with van der Waals surface area (Å²) in [5.41, 5.74) is 8.50. The van der Waals surface area contributed by atoms with E-state index in [2.05, 4.69) is 38.2 Å². The van der Waals surface area contributed by atoms with Crippen LogP contribution in [0, 0.1) is 5.41 Å². The summed E-state index contributed by atoms with van der Waals surface area (Å²) in [6.45, 7) is 7.60. The molecular weight excluding hydrogens is 394 g/mol. The fourth-order valence-corrected chi connectivity index (χ4v) is 4.41. The number of hydrogen-bond donors (Lipinski definition) is 2. The molecule has 3 N–H and O–H groups in total.